The number of halogens is 2. The summed E-state index contributed by atoms with van der Waals surface area (Å²) in [6.07, 6.45) is 0. The number of anilines is 1. The summed E-state index contributed by atoms with van der Waals surface area (Å²) in [6, 6.07) is 5.28. The van der Waals surface area contributed by atoms with Crippen molar-refractivity contribution in [3.05, 3.63) is 28.5 Å². The average molecular weight is 302 g/mol. The van der Waals surface area contributed by atoms with Gasteiger partial charge in [0.15, 0.2) is 0 Å². The third kappa shape index (κ3) is 4.66. The number of rotatable bonds is 5. The molecule has 0 heterocycles. The highest BCUT2D eigenvalue weighted by Gasteiger charge is 2.14. The van der Waals surface area contributed by atoms with E-state index in [-0.39, 0.29) is 5.82 Å². The van der Waals surface area contributed by atoms with Gasteiger partial charge in [-0.2, -0.15) is 0 Å². The number of benzene rings is 1. The molecule has 0 fully saturated rings. The van der Waals surface area contributed by atoms with Crippen LogP contribution in [0.3, 0.4) is 0 Å². The molecule has 1 aromatic rings. The minimum absolute atomic E-state index is 0.152. The molecule has 0 radical (unpaired) electrons. The van der Waals surface area contributed by atoms with E-state index in [9.17, 15) is 4.39 Å². The molecule has 3 heteroatoms. The number of hydrogen-bond donors (Lipinski definition) is 0. The Morgan fingerprint density at radius 2 is 1.65 bits per heavy atom. The molecule has 1 nitrogen and oxygen atoms in total. The molecule has 1 rings (SSSR count). The summed E-state index contributed by atoms with van der Waals surface area (Å²) in [5.74, 6) is 0.897. The van der Waals surface area contributed by atoms with Gasteiger partial charge in [-0.15, -0.1) is 0 Å². The van der Waals surface area contributed by atoms with Crippen LogP contribution in [0.2, 0.25) is 0 Å². The summed E-state index contributed by atoms with van der Waals surface area (Å²) in [6.45, 7) is 10.4. The van der Waals surface area contributed by atoms with Crippen molar-refractivity contribution in [1.82, 2.24) is 0 Å². The maximum Gasteiger partial charge on any atom is 0.147 e. The molecule has 0 saturated carbocycles. The van der Waals surface area contributed by atoms with Crippen molar-refractivity contribution in [3.63, 3.8) is 0 Å². The van der Waals surface area contributed by atoms with Crippen molar-refractivity contribution in [2.45, 2.75) is 27.7 Å². The fourth-order valence-corrected chi connectivity index (χ4v) is 2.22. The zero-order valence-electron chi connectivity index (χ0n) is 11.0. The van der Waals surface area contributed by atoms with Crippen LogP contribution in [0, 0.1) is 17.7 Å². The Bertz CT molecular complexity index is 353. The van der Waals surface area contributed by atoms with Gasteiger partial charge in [0.2, 0.25) is 0 Å². The molecule has 0 amide bonds. The Balaban J connectivity index is 2.95. The van der Waals surface area contributed by atoms with Crippen LogP contribution in [0.15, 0.2) is 22.7 Å². The smallest absolute Gasteiger partial charge is 0.147 e. The maximum absolute atomic E-state index is 13.9. The summed E-state index contributed by atoms with van der Waals surface area (Å²) < 4.78 is 14.7. The van der Waals surface area contributed by atoms with Gasteiger partial charge in [-0.1, -0.05) is 43.6 Å². The molecule has 0 saturated heterocycles. The molecule has 96 valence electrons. The molecule has 0 N–H and O–H groups in total. The van der Waals surface area contributed by atoms with Crippen LogP contribution >= 0.6 is 15.9 Å². The van der Waals surface area contributed by atoms with Gasteiger partial charge in [0, 0.05) is 17.6 Å². The third-order valence-electron chi connectivity index (χ3n) is 2.42. The minimum atomic E-state index is -0.152. The van der Waals surface area contributed by atoms with Crippen LogP contribution in [0.4, 0.5) is 10.1 Å². The number of nitrogens with zero attached hydrogens (tertiary/aromatic N) is 1. The second-order valence-corrected chi connectivity index (χ2v) is 6.20. The van der Waals surface area contributed by atoms with Crippen LogP contribution in [0.25, 0.3) is 0 Å². The van der Waals surface area contributed by atoms with Crippen LogP contribution < -0.4 is 4.90 Å². The van der Waals surface area contributed by atoms with E-state index in [1.54, 1.807) is 0 Å². The van der Waals surface area contributed by atoms with E-state index >= 15 is 0 Å². The van der Waals surface area contributed by atoms with Gasteiger partial charge in [-0.05, 0) is 30.0 Å². The SMILES string of the molecule is CC(C)CN(CC(C)C)c1ccc(Br)cc1F. The highest BCUT2D eigenvalue weighted by Crippen LogP contribution is 2.24. The fourth-order valence-electron chi connectivity index (χ4n) is 1.89. The molecule has 0 unspecified atom stereocenters. The Hall–Kier alpha value is -0.570. The zero-order valence-corrected chi connectivity index (χ0v) is 12.6. The first-order chi connectivity index (χ1) is 7.90. The standard InChI is InChI=1S/C14H21BrFN/c1-10(2)8-17(9-11(3)4)14-6-5-12(15)7-13(14)16/h5-7,10-11H,8-9H2,1-4H3. The van der Waals surface area contributed by atoms with Crippen molar-refractivity contribution in [2.75, 3.05) is 18.0 Å². The topological polar surface area (TPSA) is 3.24 Å². The normalized spacial score (nSPS) is 11.3. The van der Waals surface area contributed by atoms with Crippen molar-refractivity contribution in [1.29, 1.82) is 0 Å². The summed E-state index contributed by atoms with van der Waals surface area (Å²) in [5.41, 5.74) is 0.704. The van der Waals surface area contributed by atoms with E-state index in [1.165, 1.54) is 6.07 Å². The first kappa shape index (κ1) is 14.5. The van der Waals surface area contributed by atoms with E-state index in [0.29, 0.717) is 17.5 Å². The van der Waals surface area contributed by atoms with Gasteiger partial charge in [-0.3, -0.25) is 0 Å². The Labute approximate surface area is 112 Å². The first-order valence-corrected chi connectivity index (χ1v) is 6.89. The summed E-state index contributed by atoms with van der Waals surface area (Å²) in [5, 5.41) is 0. The van der Waals surface area contributed by atoms with E-state index in [1.807, 2.05) is 12.1 Å². The Morgan fingerprint density at radius 3 is 2.06 bits per heavy atom. The lowest BCUT2D eigenvalue weighted by Crippen LogP contribution is -2.31. The van der Waals surface area contributed by atoms with Gasteiger partial charge in [0.1, 0.15) is 5.82 Å². The lowest BCUT2D eigenvalue weighted by molar-refractivity contribution is 0.537. The van der Waals surface area contributed by atoms with Gasteiger partial charge in [-0.25, -0.2) is 4.39 Å². The van der Waals surface area contributed by atoms with Crippen LogP contribution in [-0.4, -0.2) is 13.1 Å². The molecule has 0 aliphatic carbocycles. The molecular weight excluding hydrogens is 281 g/mol. The quantitative estimate of drug-likeness (QED) is 0.761. The lowest BCUT2D eigenvalue weighted by Gasteiger charge is -2.28. The maximum atomic E-state index is 13.9. The molecular formula is C14H21BrFN. The van der Waals surface area contributed by atoms with Gasteiger partial charge < -0.3 is 4.90 Å². The summed E-state index contributed by atoms with van der Waals surface area (Å²) in [4.78, 5) is 2.14. The van der Waals surface area contributed by atoms with Crippen molar-refractivity contribution in [3.8, 4) is 0 Å². The fraction of sp³-hybridized carbons (Fsp3) is 0.571. The van der Waals surface area contributed by atoms with E-state index in [2.05, 4.69) is 48.5 Å². The van der Waals surface area contributed by atoms with E-state index < -0.39 is 0 Å². The molecule has 17 heavy (non-hydrogen) atoms. The Morgan fingerprint density at radius 1 is 1.12 bits per heavy atom. The van der Waals surface area contributed by atoms with Crippen molar-refractivity contribution >= 4 is 21.6 Å². The molecule has 0 aromatic heterocycles. The molecule has 0 atom stereocenters. The largest absolute Gasteiger partial charge is 0.369 e. The molecule has 1 aromatic carbocycles. The zero-order chi connectivity index (χ0) is 13.0. The highest BCUT2D eigenvalue weighted by molar-refractivity contribution is 9.10. The second kappa shape index (κ2) is 6.39. The van der Waals surface area contributed by atoms with Crippen LogP contribution in [0.1, 0.15) is 27.7 Å². The highest BCUT2D eigenvalue weighted by atomic mass is 79.9. The van der Waals surface area contributed by atoms with Gasteiger partial charge in [0.25, 0.3) is 0 Å². The molecule has 0 spiro atoms. The second-order valence-electron chi connectivity index (χ2n) is 5.29. The molecule has 0 bridgehead atoms. The minimum Gasteiger partial charge on any atom is -0.369 e. The Kier molecular flexibility index (Phi) is 5.44. The number of hydrogen-bond acceptors (Lipinski definition) is 1. The average Bonchev–Trinajstić information content (AvgIpc) is 2.14. The molecule has 0 aliphatic heterocycles. The monoisotopic (exact) mass is 301 g/mol. The summed E-state index contributed by atoms with van der Waals surface area (Å²) >= 11 is 3.29. The first-order valence-electron chi connectivity index (χ1n) is 6.10. The van der Waals surface area contributed by atoms with Gasteiger partial charge >= 0.3 is 0 Å². The third-order valence-corrected chi connectivity index (χ3v) is 2.91. The van der Waals surface area contributed by atoms with Crippen LogP contribution in [-0.2, 0) is 0 Å². The molecule has 0 aliphatic rings. The van der Waals surface area contributed by atoms with Crippen molar-refractivity contribution in [2.24, 2.45) is 11.8 Å². The van der Waals surface area contributed by atoms with Crippen molar-refractivity contribution < 1.29 is 4.39 Å². The van der Waals surface area contributed by atoms with Crippen LogP contribution in [0.5, 0.6) is 0 Å². The van der Waals surface area contributed by atoms with E-state index in [0.717, 1.165) is 17.6 Å². The van der Waals surface area contributed by atoms with E-state index in [4.69, 9.17) is 0 Å². The lowest BCUT2D eigenvalue weighted by atomic mass is 10.1. The summed E-state index contributed by atoms with van der Waals surface area (Å²) in [7, 11) is 0. The predicted octanol–water partition coefficient (Wildman–Crippen LogP) is 4.71. The predicted molar refractivity (Wildman–Crippen MR) is 76.0 cm³/mol. The van der Waals surface area contributed by atoms with Gasteiger partial charge in [0.05, 0.1) is 5.69 Å².